The summed E-state index contributed by atoms with van der Waals surface area (Å²) in [5.74, 6) is 3.69. The first kappa shape index (κ1) is 20.3. The Labute approximate surface area is 169 Å². The Bertz CT molecular complexity index is 1000. The number of nitrogens with one attached hydrogen (secondary N) is 1. The third kappa shape index (κ3) is 4.18. The molecule has 0 aliphatic heterocycles. The Hall–Kier alpha value is -3.48. The average Bonchev–Trinajstić information content (AvgIpc) is 2.73. The van der Waals surface area contributed by atoms with E-state index in [1.54, 1.807) is 6.92 Å². The minimum absolute atomic E-state index is 0.600. The highest BCUT2D eigenvalue weighted by Crippen LogP contribution is 2.43. The summed E-state index contributed by atoms with van der Waals surface area (Å²) in [5, 5.41) is 9.93. The van der Waals surface area contributed by atoms with Crippen LogP contribution in [0.3, 0.4) is 0 Å². The molecule has 0 heterocycles. The average molecular weight is 388 g/mol. The largest absolute Gasteiger partial charge is 0.480 e. The van der Waals surface area contributed by atoms with Crippen molar-refractivity contribution in [2.24, 2.45) is 16.6 Å². The van der Waals surface area contributed by atoms with E-state index < -0.39 is 17.4 Å². The Morgan fingerprint density at radius 1 is 1.03 bits per heavy atom. The van der Waals surface area contributed by atoms with Gasteiger partial charge in [0.25, 0.3) is 0 Å². The first-order valence-electron chi connectivity index (χ1n) is 9.21. The van der Waals surface area contributed by atoms with Crippen LogP contribution in [0.2, 0.25) is 0 Å². The molecular formula is C23H24N4O2. The van der Waals surface area contributed by atoms with Gasteiger partial charge in [0, 0.05) is 11.5 Å². The van der Waals surface area contributed by atoms with Crippen LogP contribution in [0.25, 0.3) is 11.1 Å². The van der Waals surface area contributed by atoms with Crippen molar-refractivity contribution in [2.75, 3.05) is 0 Å². The molecule has 3 aromatic carbocycles. The van der Waals surface area contributed by atoms with Crippen molar-refractivity contribution in [2.45, 2.75) is 18.4 Å². The van der Waals surface area contributed by atoms with E-state index in [0.29, 0.717) is 5.69 Å². The second-order valence-electron chi connectivity index (χ2n) is 6.96. The molecule has 6 heteroatoms. The number of carboxylic acid groups (broad SMARTS) is 1. The van der Waals surface area contributed by atoms with Crippen LogP contribution in [0.15, 0.2) is 83.9 Å². The van der Waals surface area contributed by atoms with Gasteiger partial charge in [0.1, 0.15) is 11.9 Å². The van der Waals surface area contributed by atoms with Crippen LogP contribution in [0, 0.1) is 0 Å². The molecule has 148 valence electrons. The van der Waals surface area contributed by atoms with Crippen LogP contribution >= 0.6 is 0 Å². The fourth-order valence-corrected chi connectivity index (χ4v) is 3.55. The predicted octanol–water partition coefficient (Wildman–Crippen LogP) is 3.41. The van der Waals surface area contributed by atoms with Gasteiger partial charge in [-0.25, -0.2) is 10.8 Å². The van der Waals surface area contributed by atoms with Crippen molar-refractivity contribution in [3.63, 3.8) is 0 Å². The van der Waals surface area contributed by atoms with Crippen LogP contribution < -0.4 is 17.0 Å². The van der Waals surface area contributed by atoms with E-state index in [0.717, 1.165) is 22.3 Å². The van der Waals surface area contributed by atoms with Crippen molar-refractivity contribution in [1.29, 1.82) is 0 Å². The summed E-state index contributed by atoms with van der Waals surface area (Å²) in [5.41, 5.74) is 11.2. The van der Waals surface area contributed by atoms with E-state index in [1.807, 2.05) is 78.9 Å². The van der Waals surface area contributed by atoms with Gasteiger partial charge in [-0.05, 0) is 29.7 Å². The quantitative estimate of drug-likeness (QED) is 0.214. The molecule has 0 aliphatic carbocycles. The fourth-order valence-electron chi connectivity index (χ4n) is 3.55. The molecule has 6 nitrogen and oxygen atoms in total. The molecule has 2 atom stereocenters. The van der Waals surface area contributed by atoms with E-state index in [4.69, 9.17) is 11.6 Å². The lowest BCUT2D eigenvalue weighted by atomic mass is 9.74. The number of rotatable bonds is 7. The van der Waals surface area contributed by atoms with Crippen molar-refractivity contribution in [3.05, 3.63) is 90.0 Å². The molecule has 3 rings (SSSR count). The number of aliphatic imine (C=N–C) groups is 1. The molecule has 0 saturated carbocycles. The number of carbonyl (C=O) groups is 1. The second-order valence-corrected chi connectivity index (χ2v) is 6.96. The summed E-state index contributed by atoms with van der Waals surface area (Å²) in [6, 6.07) is 24.7. The molecule has 2 unspecified atom stereocenters. The zero-order valence-corrected chi connectivity index (χ0v) is 16.1. The maximum Gasteiger partial charge on any atom is 0.324 e. The van der Waals surface area contributed by atoms with Gasteiger partial charge in [-0.2, -0.15) is 0 Å². The van der Waals surface area contributed by atoms with Crippen molar-refractivity contribution in [3.8, 4) is 11.1 Å². The number of hydrogen-bond acceptors (Lipinski definition) is 4. The normalized spacial score (nSPS) is 14.3. The third-order valence-electron chi connectivity index (χ3n) is 4.92. The molecule has 0 saturated heterocycles. The molecule has 0 bridgehead atoms. The molecule has 0 aromatic heterocycles. The van der Waals surface area contributed by atoms with Gasteiger partial charge in [-0.15, -0.1) is 0 Å². The number of hydrogen-bond donors (Lipinski definition) is 4. The molecule has 0 fully saturated rings. The first-order chi connectivity index (χ1) is 14.0. The Balaban J connectivity index is 2.34. The zero-order valence-electron chi connectivity index (χ0n) is 16.1. The lowest BCUT2D eigenvalue weighted by molar-refractivity contribution is -0.143. The Kier molecular flexibility index (Phi) is 6.07. The second kappa shape index (κ2) is 8.68. The maximum atomic E-state index is 12.1. The number of nitrogens with zero attached hydrogens (tertiary/aromatic N) is 1. The van der Waals surface area contributed by atoms with Gasteiger partial charge in [0.15, 0.2) is 0 Å². The summed E-state index contributed by atoms with van der Waals surface area (Å²) < 4.78 is 0. The Morgan fingerprint density at radius 3 is 2.24 bits per heavy atom. The molecule has 6 N–H and O–H groups in total. The molecule has 3 aromatic rings. The van der Waals surface area contributed by atoms with E-state index in [2.05, 4.69) is 10.4 Å². The van der Waals surface area contributed by atoms with Crippen LogP contribution in [0.1, 0.15) is 24.0 Å². The molecule has 29 heavy (non-hydrogen) atoms. The minimum atomic E-state index is -1.54. The smallest absolute Gasteiger partial charge is 0.324 e. The maximum absolute atomic E-state index is 12.1. The van der Waals surface area contributed by atoms with Crippen LogP contribution in [0.4, 0.5) is 5.69 Å². The summed E-state index contributed by atoms with van der Waals surface area (Å²) in [4.78, 5) is 16.5. The lowest BCUT2D eigenvalue weighted by Crippen LogP contribution is -2.50. The van der Waals surface area contributed by atoms with E-state index >= 15 is 0 Å². The van der Waals surface area contributed by atoms with Crippen LogP contribution in [-0.2, 0) is 4.79 Å². The lowest BCUT2D eigenvalue weighted by Gasteiger charge is -2.33. The highest BCUT2D eigenvalue weighted by molar-refractivity contribution is 5.86. The summed E-state index contributed by atoms with van der Waals surface area (Å²) in [7, 11) is 0. The van der Waals surface area contributed by atoms with Crippen LogP contribution in [0.5, 0.6) is 0 Å². The SMILES string of the molecule is CC(N)(C(=O)O)C(c1ccccc1)c1cccc(N=CNN)c1-c1ccccc1. The van der Waals surface area contributed by atoms with Crippen molar-refractivity contribution < 1.29 is 9.90 Å². The monoisotopic (exact) mass is 388 g/mol. The fraction of sp³-hybridized carbons (Fsp3) is 0.130. The van der Waals surface area contributed by atoms with Gasteiger partial charge in [-0.1, -0.05) is 72.8 Å². The van der Waals surface area contributed by atoms with Gasteiger partial charge in [0.05, 0.1) is 5.69 Å². The van der Waals surface area contributed by atoms with Gasteiger partial charge >= 0.3 is 5.97 Å². The number of carboxylic acids is 1. The van der Waals surface area contributed by atoms with E-state index in [-0.39, 0.29) is 0 Å². The zero-order chi connectivity index (χ0) is 20.9. The highest BCUT2D eigenvalue weighted by Gasteiger charge is 2.41. The highest BCUT2D eigenvalue weighted by atomic mass is 16.4. The van der Waals surface area contributed by atoms with Gasteiger partial charge in [0.2, 0.25) is 0 Å². The van der Waals surface area contributed by atoms with Gasteiger partial charge < -0.3 is 16.3 Å². The Morgan fingerprint density at radius 2 is 1.66 bits per heavy atom. The molecule has 0 aliphatic rings. The summed E-state index contributed by atoms with van der Waals surface area (Å²) >= 11 is 0. The van der Waals surface area contributed by atoms with Crippen LogP contribution in [-0.4, -0.2) is 23.0 Å². The number of hydrazine groups is 1. The van der Waals surface area contributed by atoms with Crippen molar-refractivity contribution >= 4 is 18.0 Å². The summed E-state index contributed by atoms with van der Waals surface area (Å²) in [6.45, 7) is 1.54. The molecule has 0 amide bonds. The summed E-state index contributed by atoms with van der Waals surface area (Å²) in [6.07, 6.45) is 1.39. The molecular weight excluding hydrogens is 364 g/mol. The van der Waals surface area contributed by atoms with E-state index in [9.17, 15) is 9.90 Å². The predicted molar refractivity (Wildman–Crippen MR) is 116 cm³/mol. The number of aliphatic carboxylic acids is 1. The topological polar surface area (TPSA) is 114 Å². The third-order valence-corrected chi connectivity index (χ3v) is 4.92. The number of benzene rings is 3. The van der Waals surface area contributed by atoms with Crippen molar-refractivity contribution in [1.82, 2.24) is 5.43 Å². The molecule has 0 radical (unpaired) electrons. The molecule has 0 spiro atoms. The minimum Gasteiger partial charge on any atom is -0.480 e. The van der Waals surface area contributed by atoms with Gasteiger partial charge in [-0.3, -0.25) is 4.79 Å². The standard InChI is InChI=1S/C23H24N4O2/c1-23(24,22(28)29)21(17-11-6-3-7-12-17)18-13-8-14-19(26-15-27-25)20(18)16-9-4-2-5-10-16/h2-15,21H,24-25H2,1H3,(H,26,27)(H,28,29). The first-order valence-corrected chi connectivity index (χ1v) is 9.21. The number of nitrogens with two attached hydrogens (primary N) is 2. The van der Waals surface area contributed by atoms with E-state index in [1.165, 1.54) is 6.34 Å².